The van der Waals surface area contributed by atoms with Crippen molar-refractivity contribution in [2.45, 2.75) is 19.2 Å². The van der Waals surface area contributed by atoms with Gasteiger partial charge in [0.15, 0.2) is 0 Å². The molecule has 1 N–H and O–H groups in total. The summed E-state index contributed by atoms with van der Waals surface area (Å²) in [4.78, 5) is 19.6. The molecule has 0 unspecified atom stereocenters. The number of H-pyrrole nitrogens is 1. The van der Waals surface area contributed by atoms with Crippen LogP contribution in [-0.4, -0.2) is 16.6 Å². The van der Waals surface area contributed by atoms with Crippen molar-refractivity contribution in [2.75, 3.05) is 6.61 Å². The minimum Gasteiger partial charge on any atom is -0.493 e. The number of aromatic amines is 1. The van der Waals surface area contributed by atoms with Gasteiger partial charge in [-0.25, -0.2) is 4.98 Å². The van der Waals surface area contributed by atoms with Crippen molar-refractivity contribution in [3.63, 3.8) is 0 Å². The molecule has 0 saturated carbocycles. The quantitative estimate of drug-likeness (QED) is 0.717. The van der Waals surface area contributed by atoms with Gasteiger partial charge in [-0.05, 0) is 36.8 Å². The van der Waals surface area contributed by atoms with Crippen LogP contribution in [0, 0.1) is 0 Å². The molecule has 0 spiro atoms. The molecule has 0 radical (unpaired) electrons. The average Bonchev–Trinajstić information content (AvgIpc) is 2.59. The summed E-state index contributed by atoms with van der Waals surface area (Å²) in [5.41, 5.74) is 2.22. The van der Waals surface area contributed by atoms with Gasteiger partial charge < -0.3 is 9.72 Å². The molecule has 118 valence electrons. The lowest BCUT2D eigenvalue weighted by Crippen LogP contribution is -2.09. The number of para-hydroxylation sites is 1. The molecule has 0 aliphatic rings. The van der Waals surface area contributed by atoms with E-state index < -0.39 is 0 Å². The maximum absolute atomic E-state index is 12.2. The molecule has 2 aromatic carbocycles. The van der Waals surface area contributed by atoms with E-state index in [0.717, 1.165) is 23.3 Å². The monoisotopic (exact) mass is 328 g/mol. The summed E-state index contributed by atoms with van der Waals surface area (Å²) < 4.78 is 5.69. The van der Waals surface area contributed by atoms with Gasteiger partial charge in [-0.15, -0.1) is 11.6 Å². The molecule has 0 amide bonds. The molecule has 0 aliphatic carbocycles. The van der Waals surface area contributed by atoms with E-state index in [0.29, 0.717) is 29.2 Å². The average molecular weight is 329 g/mol. The molecule has 0 saturated heterocycles. The first-order chi connectivity index (χ1) is 11.2. The number of nitrogens with one attached hydrogen (secondary N) is 1. The Bertz CT molecular complexity index is 890. The summed E-state index contributed by atoms with van der Waals surface area (Å²) in [6.07, 6.45) is 0.934. The molecule has 0 atom stereocenters. The Morgan fingerprint density at radius 2 is 2.04 bits per heavy atom. The minimum atomic E-state index is -0.149. The summed E-state index contributed by atoms with van der Waals surface area (Å²) in [5, 5.41) is 0.580. The number of ether oxygens (including phenoxy) is 1. The number of alkyl halides is 1. The molecule has 23 heavy (non-hydrogen) atoms. The second-order valence-corrected chi connectivity index (χ2v) is 5.50. The highest BCUT2D eigenvalue weighted by atomic mass is 35.5. The molecule has 1 aromatic heterocycles. The molecule has 0 bridgehead atoms. The number of hydrogen-bond donors (Lipinski definition) is 1. The molecule has 3 rings (SSSR count). The van der Waals surface area contributed by atoms with Gasteiger partial charge in [0.05, 0.1) is 23.4 Å². The fourth-order valence-electron chi connectivity index (χ4n) is 2.41. The lowest BCUT2D eigenvalue weighted by atomic mass is 10.1. The van der Waals surface area contributed by atoms with Crippen LogP contribution >= 0.6 is 11.6 Å². The van der Waals surface area contributed by atoms with Crippen LogP contribution in [0.15, 0.2) is 47.3 Å². The van der Waals surface area contributed by atoms with Gasteiger partial charge in [0.1, 0.15) is 11.6 Å². The summed E-state index contributed by atoms with van der Waals surface area (Å²) in [7, 11) is 0. The largest absolute Gasteiger partial charge is 0.493 e. The van der Waals surface area contributed by atoms with Crippen LogP contribution in [0.25, 0.3) is 22.3 Å². The fourth-order valence-corrected chi connectivity index (χ4v) is 2.62. The standard InChI is InChI=1S/C18H17ClN2O2/c1-2-9-23-16-8-7-12(10-13(16)11-19)17-20-15-6-4-3-5-14(15)18(22)21-17/h3-8,10H,2,9,11H2,1H3,(H,20,21,22). The number of halogens is 1. The van der Waals surface area contributed by atoms with Gasteiger partial charge >= 0.3 is 0 Å². The maximum Gasteiger partial charge on any atom is 0.259 e. The summed E-state index contributed by atoms with van der Waals surface area (Å²) in [6, 6.07) is 12.9. The van der Waals surface area contributed by atoms with E-state index in [1.54, 1.807) is 6.07 Å². The van der Waals surface area contributed by atoms with Gasteiger partial charge in [0.2, 0.25) is 0 Å². The number of rotatable bonds is 5. The smallest absolute Gasteiger partial charge is 0.259 e. The van der Waals surface area contributed by atoms with Crippen LogP contribution in [0.5, 0.6) is 5.75 Å². The molecule has 1 heterocycles. The Hall–Kier alpha value is -2.33. The molecule has 3 aromatic rings. The van der Waals surface area contributed by atoms with Crippen LogP contribution in [-0.2, 0) is 5.88 Å². The van der Waals surface area contributed by atoms with Crippen molar-refractivity contribution in [3.8, 4) is 17.1 Å². The van der Waals surface area contributed by atoms with Gasteiger partial charge in [-0.3, -0.25) is 4.79 Å². The summed E-state index contributed by atoms with van der Waals surface area (Å²) >= 11 is 6.02. The second-order valence-electron chi connectivity index (χ2n) is 5.24. The number of benzene rings is 2. The first kappa shape index (κ1) is 15.6. The van der Waals surface area contributed by atoms with Crippen molar-refractivity contribution in [3.05, 3.63) is 58.4 Å². The number of aromatic nitrogens is 2. The third-order valence-electron chi connectivity index (χ3n) is 3.55. The van der Waals surface area contributed by atoms with Crippen molar-refractivity contribution in [1.82, 2.24) is 9.97 Å². The summed E-state index contributed by atoms with van der Waals surface area (Å²) in [5.74, 6) is 1.64. The molecule has 5 heteroatoms. The van der Waals surface area contributed by atoms with E-state index in [9.17, 15) is 4.79 Å². The van der Waals surface area contributed by atoms with Crippen LogP contribution in [0.1, 0.15) is 18.9 Å². The zero-order valence-electron chi connectivity index (χ0n) is 12.8. The highest BCUT2D eigenvalue weighted by Gasteiger charge is 2.09. The normalized spacial score (nSPS) is 10.9. The lowest BCUT2D eigenvalue weighted by Gasteiger charge is -2.11. The molecular formula is C18H17ClN2O2. The van der Waals surface area contributed by atoms with Crippen LogP contribution in [0.4, 0.5) is 0 Å². The van der Waals surface area contributed by atoms with Crippen LogP contribution in [0.3, 0.4) is 0 Å². The SMILES string of the molecule is CCCOc1ccc(-c2nc3ccccc3c(=O)[nH]2)cc1CCl. The van der Waals surface area contributed by atoms with Crippen LogP contribution in [0.2, 0.25) is 0 Å². The third-order valence-corrected chi connectivity index (χ3v) is 3.84. The highest BCUT2D eigenvalue weighted by Crippen LogP contribution is 2.26. The third kappa shape index (κ3) is 3.22. The Morgan fingerprint density at radius 3 is 2.83 bits per heavy atom. The first-order valence-electron chi connectivity index (χ1n) is 7.54. The molecule has 0 aliphatic heterocycles. The van der Waals surface area contributed by atoms with E-state index in [1.165, 1.54) is 0 Å². The van der Waals surface area contributed by atoms with E-state index in [-0.39, 0.29) is 5.56 Å². The minimum absolute atomic E-state index is 0.149. The predicted molar refractivity (Wildman–Crippen MR) is 93.1 cm³/mol. The van der Waals surface area contributed by atoms with E-state index >= 15 is 0 Å². The Morgan fingerprint density at radius 1 is 1.22 bits per heavy atom. The molecule has 0 fully saturated rings. The second kappa shape index (κ2) is 6.84. The van der Waals surface area contributed by atoms with Gasteiger partial charge in [-0.1, -0.05) is 19.1 Å². The topological polar surface area (TPSA) is 55.0 Å². The van der Waals surface area contributed by atoms with Crippen molar-refractivity contribution in [2.24, 2.45) is 0 Å². The zero-order valence-corrected chi connectivity index (χ0v) is 13.6. The highest BCUT2D eigenvalue weighted by molar-refractivity contribution is 6.17. The van der Waals surface area contributed by atoms with E-state index in [1.807, 2.05) is 36.4 Å². The Kier molecular flexibility index (Phi) is 4.63. The first-order valence-corrected chi connectivity index (χ1v) is 8.07. The maximum atomic E-state index is 12.2. The Balaban J connectivity index is 2.06. The lowest BCUT2D eigenvalue weighted by molar-refractivity contribution is 0.315. The zero-order chi connectivity index (χ0) is 16.2. The van der Waals surface area contributed by atoms with Crippen molar-refractivity contribution >= 4 is 22.5 Å². The van der Waals surface area contributed by atoms with Crippen LogP contribution < -0.4 is 10.3 Å². The molecule has 4 nitrogen and oxygen atoms in total. The van der Waals surface area contributed by atoms with Gasteiger partial charge in [0, 0.05) is 11.1 Å². The number of nitrogens with zero attached hydrogens (tertiary/aromatic N) is 1. The fraction of sp³-hybridized carbons (Fsp3) is 0.222. The predicted octanol–water partition coefficient (Wildman–Crippen LogP) is 4.12. The van der Waals surface area contributed by atoms with Crippen molar-refractivity contribution in [1.29, 1.82) is 0 Å². The van der Waals surface area contributed by atoms with Gasteiger partial charge in [0.25, 0.3) is 5.56 Å². The van der Waals surface area contributed by atoms with Crippen molar-refractivity contribution < 1.29 is 4.74 Å². The van der Waals surface area contributed by atoms with E-state index in [4.69, 9.17) is 16.3 Å². The van der Waals surface area contributed by atoms with E-state index in [2.05, 4.69) is 16.9 Å². The van der Waals surface area contributed by atoms with Gasteiger partial charge in [-0.2, -0.15) is 0 Å². The Labute approximate surface area is 139 Å². The number of fused-ring (bicyclic) bond motifs is 1. The number of hydrogen-bond acceptors (Lipinski definition) is 3. The summed E-state index contributed by atoms with van der Waals surface area (Å²) in [6.45, 7) is 2.70. The molecular weight excluding hydrogens is 312 g/mol.